The van der Waals surface area contributed by atoms with Crippen LogP contribution in [-0.4, -0.2) is 35.1 Å². The average molecular weight is 386 g/mol. The van der Waals surface area contributed by atoms with Crippen LogP contribution in [0.3, 0.4) is 0 Å². The van der Waals surface area contributed by atoms with E-state index in [0.717, 1.165) is 31.0 Å². The first-order chi connectivity index (χ1) is 13.3. The van der Waals surface area contributed by atoms with Gasteiger partial charge in [-0.05, 0) is 50.5 Å². The number of anilines is 1. The van der Waals surface area contributed by atoms with Gasteiger partial charge in [-0.15, -0.1) is 0 Å². The van der Waals surface area contributed by atoms with Crippen LogP contribution < -0.4 is 5.32 Å². The van der Waals surface area contributed by atoms with Gasteiger partial charge in [0.25, 0.3) is 5.91 Å². The van der Waals surface area contributed by atoms with Crippen LogP contribution in [0.5, 0.6) is 0 Å². The number of nitrogens with zero attached hydrogens (tertiary/aromatic N) is 1. The normalized spacial score (nSPS) is 16.5. The largest absolute Gasteiger partial charge is 0.327 e. The monoisotopic (exact) mass is 386 g/mol. The summed E-state index contributed by atoms with van der Waals surface area (Å²) < 4.78 is 26.7. The predicted molar refractivity (Wildman–Crippen MR) is 100 cm³/mol. The Hall–Kier alpha value is -3.09. The second-order valence-corrected chi connectivity index (χ2v) is 6.79. The lowest BCUT2D eigenvalue weighted by Gasteiger charge is -2.34. The number of ketones is 1. The van der Waals surface area contributed by atoms with E-state index in [2.05, 4.69) is 5.32 Å². The Morgan fingerprint density at radius 2 is 1.57 bits per heavy atom. The number of amides is 2. The number of Topliss-reactive ketones (excluding diaryl/α,β-unsaturated/α-hetero) is 1. The lowest BCUT2D eigenvalue weighted by molar-refractivity contribution is -0.121. The van der Waals surface area contributed by atoms with Crippen molar-refractivity contribution < 1.29 is 23.2 Å². The van der Waals surface area contributed by atoms with Crippen LogP contribution in [0, 0.1) is 11.6 Å². The lowest BCUT2D eigenvalue weighted by atomic mass is 9.99. The molecule has 1 aliphatic rings. The summed E-state index contributed by atoms with van der Waals surface area (Å²) in [4.78, 5) is 38.4. The van der Waals surface area contributed by atoms with Gasteiger partial charge in [0.2, 0.25) is 5.91 Å². The third-order valence-electron chi connectivity index (χ3n) is 4.73. The Balaban J connectivity index is 1.78. The molecule has 0 radical (unpaired) electrons. The van der Waals surface area contributed by atoms with Gasteiger partial charge in [-0.1, -0.05) is 12.1 Å². The molecular formula is C21H20F2N2O3. The van der Waals surface area contributed by atoms with E-state index in [4.69, 9.17) is 0 Å². The first-order valence-electron chi connectivity index (χ1n) is 9.04. The number of piperidine rings is 1. The first kappa shape index (κ1) is 19.7. The van der Waals surface area contributed by atoms with Crippen molar-refractivity contribution in [3.05, 3.63) is 65.2 Å². The van der Waals surface area contributed by atoms with Gasteiger partial charge in [0.05, 0.1) is 0 Å². The zero-order valence-electron chi connectivity index (χ0n) is 15.4. The second kappa shape index (κ2) is 8.29. The van der Waals surface area contributed by atoms with E-state index in [-0.39, 0.29) is 17.4 Å². The van der Waals surface area contributed by atoms with Crippen molar-refractivity contribution >= 4 is 23.3 Å². The van der Waals surface area contributed by atoms with Gasteiger partial charge in [-0.2, -0.15) is 0 Å². The van der Waals surface area contributed by atoms with Crippen LogP contribution >= 0.6 is 0 Å². The molecule has 0 bridgehead atoms. The standard InChI is InChI=1S/C21H20F2N2O3/c1-13(26)14-5-7-15(8-6-14)21(28)25-9-3-2-4-19(25)20(27)24-18-11-16(22)10-17(23)12-18/h5-8,10-12,19H,2-4,9H2,1H3,(H,24,27). The maximum atomic E-state index is 13.4. The van der Waals surface area contributed by atoms with Crippen LogP contribution in [0.25, 0.3) is 0 Å². The number of carbonyl (C=O) groups excluding carboxylic acids is 3. The van der Waals surface area contributed by atoms with Crippen LogP contribution in [0.4, 0.5) is 14.5 Å². The minimum absolute atomic E-state index is 0.00582. The number of hydrogen-bond donors (Lipinski definition) is 1. The molecule has 7 heteroatoms. The summed E-state index contributed by atoms with van der Waals surface area (Å²) in [5.74, 6) is -2.50. The molecule has 5 nitrogen and oxygen atoms in total. The molecule has 3 rings (SSSR count). The van der Waals surface area contributed by atoms with E-state index >= 15 is 0 Å². The molecule has 0 aliphatic carbocycles. The topological polar surface area (TPSA) is 66.5 Å². The Bertz CT molecular complexity index is 892. The van der Waals surface area contributed by atoms with Crippen molar-refractivity contribution in [2.75, 3.05) is 11.9 Å². The predicted octanol–water partition coefficient (Wildman–Crippen LogP) is 3.80. The summed E-state index contributed by atoms with van der Waals surface area (Å²) in [5, 5.41) is 2.50. The van der Waals surface area contributed by atoms with Gasteiger partial charge in [0.1, 0.15) is 17.7 Å². The van der Waals surface area contributed by atoms with Gasteiger partial charge in [0, 0.05) is 29.4 Å². The van der Waals surface area contributed by atoms with Crippen molar-refractivity contribution in [3.8, 4) is 0 Å². The minimum Gasteiger partial charge on any atom is -0.327 e. The third kappa shape index (κ3) is 4.42. The Morgan fingerprint density at radius 1 is 0.964 bits per heavy atom. The summed E-state index contributed by atoms with van der Waals surface area (Å²) >= 11 is 0. The third-order valence-corrected chi connectivity index (χ3v) is 4.73. The van der Waals surface area contributed by atoms with Gasteiger partial charge in [-0.3, -0.25) is 14.4 Å². The van der Waals surface area contributed by atoms with Crippen molar-refractivity contribution in [2.45, 2.75) is 32.2 Å². The molecule has 0 spiro atoms. The molecule has 2 aromatic rings. The average Bonchev–Trinajstić information content (AvgIpc) is 2.66. The van der Waals surface area contributed by atoms with E-state index < -0.39 is 23.6 Å². The number of benzene rings is 2. The van der Waals surface area contributed by atoms with Crippen LogP contribution in [0.15, 0.2) is 42.5 Å². The zero-order chi connectivity index (χ0) is 20.3. The maximum Gasteiger partial charge on any atom is 0.254 e. The second-order valence-electron chi connectivity index (χ2n) is 6.79. The van der Waals surface area contributed by atoms with Crippen molar-refractivity contribution in [2.24, 2.45) is 0 Å². The molecule has 1 saturated heterocycles. The maximum absolute atomic E-state index is 13.4. The van der Waals surface area contributed by atoms with E-state index in [1.165, 1.54) is 11.8 Å². The SMILES string of the molecule is CC(=O)c1ccc(C(=O)N2CCCCC2C(=O)Nc2cc(F)cc(F)c2)cc1. The number of hydrogen-bond acceptors (Lipinski definition) is 3. The highest BCUT2D eigenvalue weighted by molar-refractivity contribution is 6.02. The summed E-state index contributed by atoms with van der Waals surface area (Å²) in [6.45, 7) is 1.85. The van der Waals surface area contributed by atoms with Gasteiger partial charge in [0.15, 0.2) is 5.78 Å². The lowest BCUT2D eigenvalue weighted by Crippen LogP contribution is -2.50. The van der Waals surface area contributed by atoms with Crippen molar-refractivity contribution in [1.29, 1.82) is 0 Å². The fraction of sp³-hybridized carbons (Fsp3) is 0.286. The van der Waals surface area contributed by atoms with Crippen molar-refractivity contribution in [1.82, 2.24) is 4.90 Å². The number of rotatable bonds is 4. The summed E-state index contributed by atoms with van der Waals surface area (Å²) in [6.07, 6.45) is 1.99. The van der Waals surface area contributed by atoms with Gasteiger partial charge in [-0.25, -0.2) is 8.78 Å². The zero-order valence-corrected chi connectivity index (χ0v) is 15.4. The van der Waals surface area contributed by atoms with E-state index in [1.54, 1.807) is 24.3 Å². The molecule has 2 amide bonds. The molecule has 1 N–H and O–H groups in total. The highest BCUT2D eigenvalue weighted by atomic mass is 19.1. The summed E-state index contributed by atoms with van der Waals surface area (Å²) in [6, 6.07) is 8.30. The minimum atomic E-state index is -0.794. The summed E-state index contributed by atoms with van der Waals surface area (Å²) in [7, 11) is 0. The molecule has 0 aromatic heterocycles. The Kier molecular flexibility index (Phi) is 5.82. The molecule has 28 heavy (non-hydrogen) atoms. The highest BCUT2D eigenvalue weighted by Gasteiger charge is 2.32. The molecule has 146 valence electrons. The molecule has 1 aliphatic heterocycles. The molecular weight excluding hydrogens is 366 g/mol. The van der Waals surface area contributed by atoms with Crippen LogP contribution in [0.2, 0.25) is 0 Å². The Labute approximate surface area is 161 Å². The van der Waals surface area contributed by atoms with Crippen LogP contribution in [0.1, 0.15) is 46.9 Å². The quantitative estimate of drug-likeness (QED) is 0.813. The molecule has 1 unspecified atom stereocenters. The van der Waals surface area contributed by atoms with E-state index in [0.29, 0.717) is 24.1 Å². The van der Waals surface area contributed by atoms with Crippen LogP contribution in [-0.2, 0) is 4.79 Å². The number of likely N-dealkylation sites (tertiary alicyclic amines) is 1. The van der Waals surface area contributed by atoms with Gasteiger partial charge < -0.3 is 10.2 Å². The highest BCUT2D eigenvalue weighted by Crippen LogP contribution is 2.22. The Morgan fingerprint density at radius 3 is 2.18 bits per heavy atom. The number of halogens is 2. The fourth-order valence-corrected chi connectivity index (χ4v) is 3.31. The molecule has 1 atom stereocenters. The first-order valence-corrected chi connectivity index (χ1v) is 9.04. The number of nitrogens with one attached hydrogen (secondary N) is 1. The molecule has 0 saturated carbocycles. The smallest absolute Gasteiger partial charge is 0.254 e. The molecule has 2 aromatic carbocycles. The molecule has 1 heterocycles. The van der Waals surface area contributed by atoms with E-state index in [9.17, 15) is 23.2 Å². The summed E-state index contributed by atoms with van der Waals surface area (Å²) in [5.41, 5.74) is 0.880. The molecule has 1 fully saturated rings. The number of carbonyl (C=O) groups is 3. The van der Waals surface area contributed by atoms with Crippen molar-refractivity contribution in [3.63, 3.8) is 0 Å². The fourth-order valence-electron chi connectivity index (χ4n) is 3.31. The van der Waals surface area contributed by atoms with Gasteiger partial charge >= 0.3 is 0 Å². The van der Waals surface area contributed by atoms with E-state index in [1.807, 2.05) is 0 Å².